The molecule has 1 amide bonds. The highest BCUT2D eigenvalue weighted by molar-refractivity contribution is 5.86. The van der Waals surface area contributed by atoms with E-state index < -0.39 is 23.1 Å². The number of hydrogen-bond acceptors (Lipinski definition) is 3. The van der Waals surface area contributed by atoms with Crippen LogP contribution in [0.1, 0.15) is 56.9 Å². The number of likely N-dealkylation sites (tertiary alicyclic amines) is 1. The number of benzene rings is 1. The number of piperidine rings is 1. The second-order valence-electron chi connectivity index (χ2n) is 7.64. The molecule has 4 nitrogen and oxygen atoms in total. The predicted molar refractivity (Wildman–Crippen MR) is 95.5 cm³/mol. The first-order chi connectivity index (χ1) is 12.5. The molecule has 1 saturated carbocycles. The zero-order chi connectivity index (χ0) is 18.6. The van der Waals surface area contributed by atoms with E-state index in [9.17, 15) is 18.7 Å². The Hall–Kier alpha value is -1.53. The van der Waals surface area contributed by atoms with Crippen LogP contribution in [0.3, 0.4) is 0 Å². The van der Waals surface area contributed by atoms with Gasteiger partial charge in [0.2, 0.25) is 0 Å². The van der Waals surface area contributed by atoms with Crippen molar-refractivity contribution in [2.45, 2.75) is 69.6 Å². The SMILES string of the molecule is O=C1N(Cc2cccc(F)c2F)CCCC1(O)CNC1CCCCCC1. The van der Waals surface area contributed by atoms with Gasteiger partial charge in [-0.05, 0) is 31.7 Å². The Balaban J connectivity index is 1.63. The largest absolute Gasteiger partial charge is 0.379 e. The topological polar surface area (TPSA) is 52.6 Å². The van der Waals surface area contributed by atoms with Crippen LogP contribution in [0.4, 0.5) is 8.78 Å². The molecule has 6 heteroatoms. The van der Waals surface area contributed by atoms with E-state index in [1.165, 1.54) is 42.7 Å². The second kappa shape index (κ2) is 8.44. The van der Waals surface area contributed by atoms with Gasteiger partial charge in [0, 0.05) is 31.2 Å². The summed E-state index contributed by atoms with van der Waals surface area (Å²) in [5, 5.41) is 14.3. The molecule has 0 aromatic heterocycles. The van der Waals surface area contributed by atoms with Crippen LogP contribution < -0.4 is 5.32 Å². The Morgan fingerprint density at radius 2 is 1.88 bits per heavy atom. The molecule has 2 N–H and O–H groups in total. The lowest BCUT2D eigenvalue weighted by Gasteiger charge is -2.39. The lowest BCUT2D eigenvalue weighted by Crippen LogP contribution is -2.58. The third-order valence-electron chi connectivity index (χ3n) is 5.63. The smallest absolute Gasteiger partial charge is 0.256 e. The first-order valence-corrected chi connectivity index (χ1v) is 9.68. The average Bonchev–Trinajstić information content (AvgIpc) is 2.90. The van der Waals surface area contributed by atoms with Crippen LogP contribution in [-0.2, 0) is 11.3 Å². The van der Waals surface area contributed by atoms with Gasteiger partial charge in [-0.15, -0.1) is 0 Å². The Bertz CT molecular complexity index is 632. The molecule has 1 unspecified atom stereocenters. The highest BCUT2D eigenvalue weighted by Gasteiger charge is 2.42. The number of nitrogens with zero attached hydrogens (tertiary/aromatic N) is 1. The van der Waals surface area contributed by atoms with Crippen molar-refractivity contribution in [3.63, 3.8) is 0 Å². The van der Waals surface area contributed by atoms with Crippen LogP contribution >= 0.6 is 0 Å². The summed E-state index contributed by atoms with van der Waals surface area (Å²) in [4.78, 5) is 14.2. The van der Waals surface area contributed by atoms with Crippen LogP contribution in [0, 0.1) is 11.6 Å². The van der Waals surface area contributed by atoms with Crippen LogP contribution in [0.5, 0.6) is 0 Å². The number of amides is 1. The fraction of sp³-hybridized carbons (Fsp3) is 0.650. The molecule has 2 aliphatic rings. The van der Waals surface area contributed by atoms with E-state index in [-0.39, 0.29) is 18.7 Å². The predicted octanol–water partition coefficient (Wildman–Crippen LogP) is 3.13. The number of hydrogen-bond donors (Lipinski definition) is 2. The molecule has 0 spiro atoms. The fourth-order valence-corrected chi connectivity index (χ4v) is 4.05. The number of carbonyl (C=O) groups is 1. The van der Waals surface area contributed by atoms with Gasteiger partial charge < -0.3 is 15.3 Å². The molecule has 1 aliphatic carbocycles. The van der Waals surface area contributed by atoms with Gasteiger partial charge in [-0.25, -0.2) is 8.78 Å². The summed E-state index contributed by atoms with van der Waals surface area (Å²) in [5.41, 5.74) is -1.33. The highest BCUT2D eigenvalue weighted by atomic mass is 19.2. The van der Waals surface area contributed by atoms with Gasteiger partial charge in [-0.3, -0.25) is 4.79 Å². The van der Waals surface area contributed by atoms with Gasteiger partial charge in [0.05, 0.1) is 0 Å². The Morgan fingerprint density at radius 3 is 2.62 bits per heavy atom. The number of aliphatic hydroxyl groups is 1. The minimum absolute atomic E-state index is 0.0197. The molecule has 26 heavy (non-hydrogen) atoms. The van der Waals surface area contributed by atoms with Crippen LogP contribution in [-0.4, -0.2) is 40.6 Å². The summed E-state index contributed by atoms with van der Waals surface area (Å²) >= 11 is 0. The molecule has 0 bridgehead atoms. The Morgan fingerprint density at radius 1 is 1.15 bits per heavy atom. The summed E-state index contributed by atoms with van der Waals surface area (Å²) in [6.45, 7) is 0.646. The van der Waals surface area contributed by atoms with E-state index in [4.69, 9.17) is 0 Å². The molecule has 1 atom stereocenters. The van der Waals surface area contributed by atoms with E-state index in [2.05, 4.69) is 5.32 Å². The zero-order valence-electron chi connectivity index (χ0n) is 15.1. The van der Waals surface area contributed by atoms with Gasteiger partial charge in [0.1, 0.15) is 0 Å². The maximum absolute atomic E-state index is 13.9. The molecule has 1 aromatic carbocycles. The monoisotopic (exact) mass is 366 g/mol. The third kappa shape index (κ3) is 4.41. The summed E-state index contributed by atoms with van der Waals surface area (Å²) < 4.78 is 27.3. The van der Waals surface area contributed by atoms with Crippen molar-refractivity contribution in [2.75, 3.05) is 13.1 Å². The van der Waals surface area contributed by atoms with Crippen molar-refractivity contribution in [2.24, 2.45) is 0 Å². The van der Waals surface area contributed by atoms with E-state index in [1.54, 1.807) is 0 Å². The van der Waals surface area contributed by atoms with Crippen molar-refractivity contribution in [3.05, 3.63) is 35.4 Å². The summed E-state index contributed by atoms with van der Waals surface area (Å²) in [5.74, 6) is -2.24. The Kier molecular flexibility index (Phi) is 6.24. The fourth-order valence-electron chi connectivity index (χ4n) is 4.05. The van der Waals surface area contributed by atoms with Crippen molar-refractivity contribution >= 4 is 5.91 Å². The van der Waals surface area contributed by atoms with Crippen molar-refractivity contribution < 1.29 is 18.7 Å². The second-order valence-corrected chi connectivity index (χ2v) is 7.64. The summed E-state index contributed by atoms with van der Waals surface area (Å²) in [6.07, 6.45) is 8.02. The molecule has 1 heterocycles. The number of carbonyl (C=O) groups excluding carboxylic acids is 1. The first kappa shape index (κ1) is 19.2. The lowest BCUT2D eigenvalue weighted by molar-refractivity contribution is -0.157. The molecule has 0 radical (unpaired) electrons. The average molecular weight is 366 g/mol. The number of rotatable bonds is 5. The van der Waals surface area contributed by atoms with Gasteiger partial charge in [-0.1, -0.05) is 37.8 Å². The summed E-state index contributed by atoms with van der Waals surface area (Å²) in [6, 6.07) is 4.31. The molecule has 1 aromatic rings. The Labute approximate surface area is 153 Å². The zero-order valence-corrected chi connectivity index (χ0v) is 15.1. The maximum Gasteiger partial charge on any atom is 0.256 e. The molecule has 1 aliphatic heterocycles. The van der Waals surface area contributed by atoms with E-state index in [0.717, 1.165) is 18.9 Å². The van der Waals surface area contributed by atoms with Gasteiger partial charge in [0.15, 0.2) is 17.2 Å². The van der Waals surface area contributed by atoms with Crippen LogP contribution in [0.15, 0.2) is 18.2 Å². The first-order valence-electron chi connectivity index (χ1n) is 9.68. The standard InChI is InChI=1S/C20H28F2N2O2/c21-17-10-5-7-15(18(17)22)13-24-12-6-11-20(26,19(24)25)14-23-16-8-3-1-2-4-9-16/h5,7,10,16,23,26H,1-4,6,8-9,11-14H2. The van der Waals surface area contributed by atoms with Gasteiger partial charge in [-0.2, -0.15) is 0 Å². The van der Waals surface area contributed by atoms with Gasteiger partial charge >= 0.3 is 0 Å². The minimum Gasteiger partial charge on any atom is -0.379 e. The molecular weight excluding hydrogens is 338 g/mol. The molecule has 3 rings (SSSR count). The van der Waals surface area contributed by atoms with Crippen molar-refractivity contribution in [1.82, 2.24) is 10.2 Å². The summed E-state index contributed by atoms with van der Waals surface area (Å²) in [7, 11) is 0. The molecule has 1 saturated heterocycles. The minimum atomic E-state index is -1.46. The van der Waals surface area contributed by atoms with E-state index in [0.29, 0.717) is 25.4 Å². The molecule has 144 valence electrons. The molecule has 2 fully saturated rings. The quantitative estimate of drug-likeness (QED) is 0.788. The normalized spacial score (nSPS) is 25.3. The van der Waals surface area contributed by atoms with E-state index in [1.807, 2.05) is 0 Å². The highest BCUT2D eigenvalue weighted by Crippen LogP contribution is 2.26. The van der Waals surface area contributed by atoms with Gasteiger partial charge in [0.25, 0.3) is 5.91 Å². The van der Waals surface area contributed by atoms with Crippen LogP contribution in [0.25, 0.3) is 0 Å². The number of nitrogens with one attached hydrogen (secondary N) is 1. The number of halogens is 2. The van der Waals surface area contributed by atoms with Crippen molar-refractivity contribution in [3.8, 4) is 0 Å². The third-order valence-corrected chi connectivity index (χ3v) is 5.63. The van der Waals surface area contributed by atoms with Crippen molar-refractivity contribution in [1.29, 1.82) is 0 Å². The van der Waals surface area contributed by atoms with Crippen LogP contribution in [0.2, 0.25) is 0 Å². The maximum atomic E-state index is 13.9. The molecular formula is C20H28F2N2O2. The van der Waals surface area contributed by atoms with E-state index >= 15 is 0 Å². The lowest BCUT2D eigenvalue weighted by atomic mass is 9.90.